The lowest BCUT2D eigenvalue weighted by molar-refractivity contribution is 0.123. The Morgan fingerprint density at radius 3 is 2.89 bits per heavy atom. The second-order valence-corrected chi connectivity index (χ2v) is 4.32. The Hall–Kier alpha value is -1.81. The highest BCUT2D eigenvalue weighted by Gasteiger charge is 2.15. The number of aromatic nitrogens is 1. The summed E-state index contributed by atoms with van der Waals surface area (Å²) in [5.74, 6) is 0.872. The Kier molecular flexibility index (Phi) is 3.02. The zero-order valence-corrected chi connectivity index (χ0v) is 10.4. The van der Waals surface area contributed by atoms with Crippen molar-refractivity contribution >= 4 is 16.6 Å². The van der Waals surface area contributed by atoms with Crippen LogP contribution in [0.5, 0.6) is 5.75 Å². The molecular formula is C14H16N2O2. The third-order valence-electron chi connectivity index (χ3n) is 3.25. The Morgan fingerprint density at radius 1 is 1.28 bits per heavy atom. The summed E-state index contributed by atoms with van der Waals surface area (Å²) >= 11 is 0. The highest BCUT2D eigenvalue weighted by atomic mass is 16.5. The maximum absolute atomic E-state index is 5.40. The number of fused-ring (bicyclic) bond motifs is 1. The molecule has 4 nitrogen and oxygen atoms in total. The number of nitrogens with zero attached hydrogens (tertiary/aromatic N) is 2. The van der Waals surface area contributed by atoms with Crippen LogP contribution in [-0.2, 0) is 4.74 Å². The monoisotopic (exact) mass is 244 g/mol. The molecule has 0 N–H and O–H groups in total. The quantitative estimate of drug-likeness (QED) is 0.810. The maximum atomic E-state index is 5.40. The van der Waals surface area contributed by atoms with Crippen molar-refractivity contribution in [1.82, 2.24) is 4.98 Å². The summed E-state index contributed by atoms with van der Waals surface area (Å²) in [7, 11) is 1.70. The summed E-state index contributed by atoms with van der Waals surface area (Å²) < 4.78 is 10.8. The first-order valence-corrected chi connectivity index (χ1v) is 6.14. The van der Waals surface area contributed by atoms with Crippen LogP contribution in [0, 0.1) is 0 Å². The Bertz CT molecular complexity index is 550. The molecule has 0 saturated carbocycles. The molecule has 18 heavy (non-hydrogen) atoms. The average Bonchev–Trinajstić information content (AvgIpc) is 2.47. The van der Waals surface area contributed by atoms with E-state index in [0.29, 0.717) is 0 Å². The molecule has 1 aromatic heterocycles. The number of rotatable bonds is 2. The molecule has 1 aromatic carbocycles. The van der Waals surface area contributed by atoms with E-state index in [9.17, 15) is 0 Å². The van der Waals surface area contributed by atoms with Crippen LogP contribution < -0.4 is 9.64 Å². The fourth-order valence-electron chi connectivity index (χ4n) is 2.31. The van der Waals surface area contributed by atoms with Crippen LogP contribution in [0.15, 0.2) is 30.5 Å². The van der Waals surface area contributed by atoms with Gasteiger partial charge >= 0.3 is 0 Å². The van der Waals surface area contributed by atoms with Crippen molar-refractivity contribution in [2.45, 2.75) is 0 Å². The van der Waals surface area contributed by atoms with Crippen LogP contribution in [0.25, 0.3) is 10.9 Å². The fraction of sp³-hybridized carbons (Fsp3) is 0.357. The van der Waals surface area contributed by atoms with Gasteiger partial charge in [-0.05, 0) is 12.1 Å². The smallest absolute Gasteiger partial charge is 0.121 e. The molecule has 0 radical (unpaired) electrons. The van der Waals surface area contributed by atoms with Crippen molar-refractivity contribution in [2.75, 3.05) is 38.3 Å². The van der Waals surface area contributed by atoms with Crippen molar-refractivity contribution in [3.8, 4) is 5.75 Å². The van der Waals surface area contributed by atoms with Gasteiger partial charge in [0.05, 0.1) is 31.5 Å². The standard InChI is InChI=1S/C14H16N2O2/c1-17-12-9-11-3-2-4-15-14(11)13(10-12)16-5-7-18-8-6-16/h2-4,9-10H,5-8H2,1H3. The molecule has 2 aromatic rings. The summed E-state index contributed by atoms with van der Waals surface area (Å²) in [5.41, 5.74) is 2.16. The number of pyridine rings is 1. The second-order valence-electron chi connectivity index (χ2n) is 4.32. The van der Waals surface area contributed by atoms with Gasteiger partial charge in [0.2, 0.25) is 0 Å². The number of hydrogen-bond acceptors (Lipinski definition) is 4. The molecule has 94 valence electrons. The summed E-state index contributed by atoms with van der Waals surface area (Å²) in [5, 5.41) is 1.11. The Morgan fingerprint density at radius 2 is 2.11 bits per heavy atom. The highest BCUT2D eigenvalue weighted by Crippen LogP contribution is 2.30. The van der Waals surface area contributed by atoms with E-state index in [-0.39, 0.29) is 0 Å². The largest absolute Gasteiger partial charge is 0.497 e. The molecule has 0 spiro atoms. The van der Waals surface area contributed by atoms with Crippen LogP contribution in [0.1, 0.15) is 0 Å². The SMILES string of the molecule is COc1cc(N2CCOCC2)c2ncccc2c1. The fourth-order valence-corrected chi connectivity index (χ4v) is 2.31. The zero-order chi connectivity index (χ0) is 12.4. The van der Waals surface area contributed by atoms with Crippen LogP contribution >= 0.6 is 0 Å². The average molecular weight is 244 g/mol. The van der Waals surface area contributed by atoms with Crippen molar-refractivity contribution in [1.29, 1.82) is 0 Å². The lowest BCUT2D eigenvalue weighted by Gasteiger charge is -2.29. The van der Waals surface area contributed by atoms with Gasteiger partial charge in [0.15, 0.2) is 0 Å². The molecule has 2 heterocycles. The molecule has 0 unspecified atom stereocenters. The number of morpholine rings is 1. The molecule has 4 heteroatoms. The summed E-state index contributed by atoms with van der Waals surface area (Å²) in [4.78, 5) is 6.80. The van der Waals surface area contributed by atoms with E-state index in [4.69, 9.17) is 9.47 Å². The molecule has 0 atom stereocenters. The van der Waals surface area contributed by atoms with Gasteiger partial charge in [-0.15, -0.1) is 0 Å². The van der Waals surface area contributed by atoms with E-state index in [1.807, 2.05) is 18.3 Å². The van der Waals surface area contributed by atoms with Gasteiger partial charge in [-0.1, -0.05) is 6.07 Å². The van der Waals surface area contributed by atoms with Gasteiger partial charge < -0.3 is 14.4 Å². The number of anilines is 1. The van der Waals surface area contributed by atoms with Gasteiger partial charge in [0, 0.05) is 30.7 Å². The first kappa shape index (κ1) is 11.3. The zero-order valence-electron chi connectivity index (χ0n) is 10.4. The number of methoxy groups -OCH3 is 1. The van der Waals surface area contributed by atoms with E-state index in [0.717, 1.165) is 48.6 Å². The Balaban J connectivity index is 2.12. The third kappa shape index (κ3) is 1.99. The van der Waals surface area contributed by atoms with Gasteiger partial charge in [-0.3, -0.25) is 4.98 Å². The van der Waals surface area contributed by atoms with Gasteiger partial charge in [0.1, 0.15) is 5.75 Å². The number of hydrogen-bond donors (Lipinski definition) is 0. The third-order valence-corrected chi connectivity index (χ3v) is 3.25. The molecular weight excluding hydrogens is 228 g/mol. The predicted molar refractivity (Wildman–Crippen MR) is 71.3 cm³/mol. The van der Waals surface area contributed by atoms with E-state index in [1.54, 1.807) is 7.11 Å². The lowest BCUT2D eigenvalue weighted by atomic mass is 10.1. The highest BCUT2D eigenvalue weighted by molar-refractivity contribution is 5.92. The van der Waals surface area contributed by atoms with E-state index in [2.05, 4.69) is 22.0 Å². The first-order chi connectivity index (χ1) is 8.88. The maximum Gasteiger partial charge on any atom is 0.121 e. The van der Waals surface area contributed by atoms with Crippen LogP contribution in [0.4, 0.5) is 5.69 Å². The van der Waals surface area contributed by atoms with Crippen LogP contribution in [-0.4, -0.2) is 38.4 Å². The van der Waals surface area contributed by atoms with E-state index < -0.39 is 0 Å². The molecule has 1 saturated heterocycles. The summed E-state index contributed by atoms with van der Waals surface area (Å²) in [6, 6.07) is 8.09. The van der Waals surface area contributed by atoms with Gasteiger partial charge in [-0.25, -0.2) is 0 Å². The summed E-state index contributed by atoms with van der Waals surface area (Å²) in [6.45, 7) is 3.34. The molecule has 1 aliphatic heterocycles. The van der Waals surface area contributed by atoms with Crippen LogP contribution in [0.3, 0.4) is 0 Å². The van der Waals surface area contributed by atoms with Crippen molar-refractivity contribution in [3.63, 3.8) is 0 Å². The second kappa shape index (κ2) is 4.82. The lowest BCUT2D eigenvalue weighted by Crippen LogP contribution is -2.36. The van der Waals surface area contributed by atoms with Crippen LogP contribution in [0.2, 0.25) is 0 Å². The van der Waals surface area contributed by atoms with E-state index in [1.165, 1.54) is 0 Å². The molecule has 1 aliphatic rings. The molecule has 0 amide bonds. The van der Waals surface area contributed by atoms with Crippen molar-refractivity contribution in [2.24, 2.45) is 0 Å². The van der Waals surface area contributed by atoms with Gasteiger partial charge in [0.25, 0.3) is 0 Å². The first-order valence-electron chi connectivity index (χ1n) is 6.14. The minimum Gasteiger partial charge on any atom is -0.497 e. The van der Waals surface area contributed by atoms with E-state index >= 15 is 0 Å². The number of benzene rings is 1. The minimum atomic E-state index is 0.769. The van der Waals surface area contributed by atoms with Crippen molar-refractivity contribution < 1.29 is 9.47 Å². The summed E-state index contributed by atoms with van der Waals surface area (Å²) in [6.07, 6.45) is 1.83. The minimum absolute atomic E-state index is 0.769. The van der Waals surface area contributed by atoms with Crippen molar-refractivity contribution in [3.05, 3.63) is 30.5 Å². The molecule has 3 rings (SSSR count). The normalized spacial score (nSPS) is 15.9. The molecule has 1 fully saturated rings. The number of ether oxygens (including phenoxy) is 2. The Labute approximate surface area is 106 Å². The predicted octanol–water partition coefficient (Wildman–Crippen LogP) is 2.08. The topological polar surface area (TPSA) is 34.6 Å². The molecule has 0 bridgehead atoms. The van der Waals surface area contributed by atoms with Gasteiger partial charge in [-0.2, -0.15) is 0 Å². The molecule has 0 aliphatic carbocycles.